The van der Waals surface area contributed by atoms with Crippen molar-refractivity contribution < 1.29 is 9.53 Å². The summed E-state index contributed by atoms with van der Waals surface area (Å²) in [6.45, 7) is 5.05. The molecule has 1 unspecified atom stereocenters. The molecule has 0 fully saturated rings. The van der Waals surface area contributed by atoms with Gasteiger partial charge in [0.05, 0.1) is 18.7 Å². The minimum absolute atomic E-state index is 0.0366. The predicted molar refractivity (Wildman–Crippen MR) is 91.1 cm³/mol. The first-order valence-corrected chi connectivity index (χ1v) is 8.43. The number of benzene rings is 1. The Morgan fingerprint density at radius 1 is 1.36 bits per heavy atom. The molecule has 1 aromatic carbocycles. The lowest BCUT2D eigenvalue weighted by molar-refractivity contribution is -0.136. The van der Waals surface area contributed by atoms with Gasteiger partial charge in [-0.25, -0.2) is 10.2 Å². The van der Waals surface area contributed by atoms with E-state index in [2.05, 4.69) is 45.4 Å². The normalized spacial score (nSPS) is 18.0. The molecule has 1 heterocycles. The Labute approximate surface area is 140 Å². The third-order valence-electron chi connectivity index (χ3n) is 3.95. The van der Waals surface area contributed by atoms with Crippen molar-refractivity contribution in [2.24, 2.45) is 0 Å². The molecule has 1 aliphatic heterocycles. The summed E-state index contributed by atoms with van der Waals surface area (Å²) in [6.07, 6.45) is 2.97. The number of methoxy groups -OCH3 is 1. The lowest BCUT2D eigenvalue weighted by atomic mass is 9.99. The predicted octanol–water partition coefficient (Wildman–Crippen LogP) is 3.43. The van der Waals surface area contributed by atoms with Gasteiger partial charge in [0.25, 0.3) is 0 Å². The average molecular weight is 367 g/mol. The molecule has 4 nitrogen and oxygen atoms in total. The molecular weight excluding hydrogens is 344 g/mol. The third-order valence-corrected chi connectivity index (χ3v) is 4.48. The van der Waals surface area contributed by atoms with Crippen LogP contribution < -0.4 is 5.43 Å². The summed E-state index contributed by atoms with van der Waals surface area (Å²) in [6, 6.07) is 8.15. The fourth-order valence-electron chi connectivity index (χ4n) is 2.70. The van der Waals surface area contributed by atoms with E-state index < -0.39 is 0 Å². The van der Waals surface area contributed by atoms with Gasteiger partial charge in [-0.05, 0) is 37.5 Å². The summed E-state index contributed by atoms with van der Waals surface area (Å²) >= 11 is 3.44. The van der Waals surface area contributed by atoms with Crippen LogP contribution in [-0.4, -0.2) is 30.7 Å². The second kappa shape index (κ2) is 7.79. The van der Waals surface area contributed by atoms with Gasteiger partial charge in [0.2, 0.25) is 0 Å². The summed E-state index contributed by atoms with van der Waals surface area (Å²) in [5, 5.41) is 2.08. The van der Waals surface area contributed by atoms with E-state index in [1.165, 1.54) is 12.7 Å². The van der Waals surface area contributed by atoms with Gasteiger partial charge in [-0.1, -0.05) is 41.4 Å². The Kier molecular flexibility index (Phi) is 6.03. The van der Waals surface area contributed by atoms with Gasteiger partial charge in [0, 0.05) is 16.7 Å². The number of hydrogen-bond acceptors (Lipinski definition) is 4. The molecule has 0 spiro atoms. The van der Waals surface area contributed by atoms with Crippen molar-refractivity contribution >= 4 is 21.9 Å². The topological polar surface area (TPSA) is 41.6 Å². The maximum Gasteiger partial charge on any atom is 0.337 e. The van der Waals surface area contributed by atoms with Gasteiger partial charge in [-0.2, -0.15) is 0 Å². The van der Waals surface area contributed by atoms with Gasteiger partial charge < -0.3 is 9.75 Å². The van der Waals surface area contributed by atoms with E-state index >= 15 is 0 Å². The summed E-state index contributed by atoms with van der Waals surface area (Å²) in [4.78, 5) is 12.1. The molecule has 1 aromatic rings. The van der Waals surface area contributed by atoms with Crippen LogP contribution in [0.2, 0.25) is 0 Å². The molecule has 1 aliphatic rings. The maximum absolute atomic E-state index is 12.1. The number of hydrazine groups is 1. The van der Waals surface area contributed by atoms with Crippen molar-refractivity contribution in [3.63, 3.8) is 0 Å². The van der Waals surface area contributed by atoms with Crippen LogP contribution in [0.15, 0.2) is 40.0 Å². The van der Waals surface area contributed by atoms with Crippen LogP contribution in [0.3, 0.4) is 0 Å². The zero-order valence-electron chi connectivity index (χ0n) is 13.4. The van der Waals surface area contributed by atoms with Crippen molar-refractivity contribution in [2.45, 2.75) is 39.2 Å². The number of carbonyl (C=O) groups is 1. The highest BCUT2D eigenvalue weighted by Gasteiger charge is 2.33. The number of unbranched alkanes of at least 4 members (excludes halogenated alkanes) is 1. The van der Waals surface area contributed by atoms with Gasteiger partial charge in [0.1, 0.15) is 0 Å². The number of carbonyl (C=O) groups excluding carboxylic acids is 1. The van der Waals surface area contributed by atoms with E-state index in [-0.39, 0.29) is 12.0 Å². The summed E-state index contributed by atoms with van der Waals surface area (Å²) in [7, 11) is 1.44. The number of nitrogens with zero attached hydrogens (tertiary/aromatic N) is 1. The molecule has 0 aromatic heterocycles. The smallest absolute Gasteiger partial charge is 0.337 e. The molecule has 1 N–H and O–H groups in total. The Balaban J connectivity index is 2.18. The van der Waals surface area contributed by atoms with Gasteiger partial charge in [-0.15, -0.1) is 0 Å². The summed E-state index contributed by atoms with van der Waals surface area (Å²) in [5.74, 6) is -0.244. The van der Waals surface area contributed by atoms with Gasteiger partial charge in [0.15, 0.2) is 0 Å². The van der Waals surface area contributed by atoms with E-state index in [9.17, 15) is 4.79 Å². The van der Waals surface area contributed by atoms with Gasteiger partial charge in [-0.3, -0.25) is 0 Å². The lowest BCUT2D eigenvalue weighted by Gasteiger charge is -2.22. The number of allylic oxidation sites excluding steroid dienone is 1. The van der Waals surface area contributed by atoms with Crippen molar-refractivity contribution in [2.75, 3.05) is 13.7 Å². The van der Waals surface area contributed by atoms with Crippen molar-refractivity contribution in [3.05, 3.63) is 45.6 Å². The van der Waals surface area contributed by atoms with Crippen molar-refractivity contribution in [1.82, 2.24) is 10.4 Å². The van der Waals surface area contributed by atoms with Gasteiger partial charge >= 0.3 is 5.97 Å². The number of rotatable bonds is 6. The average Bonchev–Trinajstić information content (AvgIpc) is 2.82. The van der Waals surface area contributed by atoms with Crippen LogP contribution in [0.4, 0.5) is 0 Å². The molecule has 0 bridgehead atoms. The highest BCUT2D eigenvalue weighted by molar-refractivity contribution is 9.10. The molecule has 120 valence electrons. The quantitative estimate of drug-likeness (QED) is 0.783. The van der Waals surface area contributed by atoms with Crippen molar-refractivity contribution in [1.29, 1.82) is 0 Å². The van der Waals surface area contributed by atoms with Crippen LogP contribution in [0.25, 0.3) is 0 Å². The molecule has 0 radical (unpaired) electrons. The highest BCUT2D eigenvalue weighted by atomic mass is 79.9. The summed E-state index contributed by atoms with van der Waals surface area (Å²) in [5.41, 5.74) is 6.35. The van der Waals surface area contributed by atoms with Crippen LogP contribution in [0.1, 0.15) is 32.3 Å². The van der Waals surface area contributed by atoms with Crippen molar-refractivity contribution in [3.8, 4) is 0 Å². The molecule has 0 amide bonds. The van der Waals surface area contributed by atoms with Crippen LogP contribution >= 0.6 is 15.9 Å². The largest absolute Gasteiger partial charge is 0.466 e. The zero-order valence-corrected chi connectivity index (χ0v) is 14.9. The Bertz CT molecular complexity index is 554. The molecule has 1 atom stereocenters. The van der Waals surface area contributed by atoms with E-state index in [1.807, 2.05) is 19.1 Å². The zero-order chi connectivity index (χ0) is 16.1. The van der Waals surface area contributed by atoms with E-state index in [0.29, 0.717) is 0 Å². The molecular formula is C17H23BrN2O2. The first kappa shape index (κ1) is 17.0. The number of esters is 1. The second-order valence-electron chi connectivity index (χ2n) is 5.51. The first-order valence-electron chi connectivity index (χ1n) is 7.64. The SMILES string of the molecule is CCCCN1NC(Cc2ccc(Br)cc2)C(C(=O)OC)=C1C. The van der Waals surface area contributed by atoms with E-state index in [0.717, 1.165) is 41.6 Å². The number of halogens is 1. The summed E-state index contributed by atoms with van der Waals surface area (Å²) < 4.78 is 6.03. The maximum atomic E-state index is 12.1. The van der Waals surface area contributed by atoms with Crippen LogP contribution in [0.5, 0.6) is 0 Å². The highest BCUT2D eigenvalue weighted by Crippen LogP contribution is 2.25. The number of nitrogens with one attached hydrogen (secondary N) is 1. The molecule has 0 saturated carbocycles. The standard InChI is InChI=1S/C17H23BrN2O2/c1-4-5-10-20-12(2)16(17(21)22-3)15(19-20)11-13-6-8-14(18)9-7-13/h6-9,15,19H,4-5,10-11H2,1-3H3. The van der Waals surface area contributed by atoms with Crippen LogP contribution in [0, 0.1) is 0 Å². The minimum Gasteiger partial charge on any atom is -0.466 e. The molecule has 5 heteroatoms. The number of hydrogen-bond donors (Lipinski definition) is 1. The van der Waals surface area contributed by atoms with Crippen LogP contribution in [-0.2, 0) is 16.0 Å². The Morgan fingerprint density at radius 2 is 2.05 bits per heavy atom. The Hall–Kier alpha value is -1.33. The second-order valence-corrected chi connectivity index (χ2v) is 6.42. The monoisotopic (exact) mass is 366 g/mol. The van der Waals surface area contributed by atoms with E-state index in [4.69, 9.17) is 4.74 Å². The first-order chi connectivity index (χ1) is 10.6. The Morgan fingerprint density at radius 3 is 2.64 bits per heavy atom. The molecule has 0 aliphatic carbocycles. The third kappa shape index (κ3) is 3.90. The fraction of sp³-hybridized carbons (Fsp3) is 0.471. The number of ether oxygens (including phenoxy) is 1. The minimum atomic E-state index is -0.244. The molecule has 2 rings (SSSR count). The lowest BCUT2D eigenvalue weighted by Crippen LogP contribution is -2.39. The van der Waals surface area contributed by atoms with E-state index in [1.54, 1.807) is 0 Å². The molecule has 22 heavy (non-hydrogen) atoms. The fourth-order valence-corrected chi connectivity index (χ4v) is 2.96. The molecule has 0 saturated heterocycles.